The number of ether oxygens (including phenoxy) is 3. The van der Waals surface area contributed by atoms with Crippen molar-refractivity contribution in [1.82, 2.24) is 0 Å². The summed E-state index contributed by atoms with van der Waals surface area (Å²) in [5.74, 6) is 1.69. The molecular formula is C55H106O6. The van der Waals surface area contributed by atoms with Gasteiger partial charge in [-0.3, -0.25) is 14.4 Å². The molecule has 6 heteroatoms. The minimum Gasteiger partial charge on any atom is -0.462 e. The van der Waals surface area contributed by atoms with Crippen LogP contribution in [0.2, 0.25) is 0 Å². The third-order valence-electron chi connectivity index (χ3n) is 13.1. The summed E-state index contributed by atoms with van der Waals surface area (Å²) in [5.41, 5.74) is 0. The summed E-state index contributed by atoms with van der Waals surface area (Å²) in [5, 5.41) is 0. The van der Waals surface area contributed by atoms with Gasteiger partial charge in [0.2, 0.25) is 0 Å². The largest absolute Gasteiger partial charge is 0.462 e. The summed E-state index contributed by atoms with van der Waals surface area (Å²) in [6.45, 7) is 13.7. The van der Waals surface area contributed by atoms with Gasteiger partial charge in [-0.25, -0.2) is 0 Å². The van der Waals surface area contributed by atoms with Gasteiger partial charge in [0.1, 0.15) is 13.2 Å². The highest BCUT2D eigenvalue weighted by Crippen LogP contribution is 2.19. The Kier molecular flexibility index (Phi) is 45.2. The second-order valence-corrected chi connectivity index (χ2v) is 19.8. The van der Waals surface area contributed by atoms with Gasteiger partial charge in [-0.05, 0) is 37.0 Å². The second kappa shape index (κ2) is 46.4. The molecule has 362 valence electrons. The van der Waals surface area contributed by atoms with Gasteiger partial charge in [-0.2, -0.15) is 0 Å². The van der Waals surface area contributed by atoms with Gasteiger partial charge >= 0.3 is 17.9 Å². The van der Waals surface area contributed by atoms with E-state index in [0.29, 0.717) is 19.3 Å². The third-order valence-corrected chi connectivity index (χ3v) is 13.1. The first-order valence-electron chi connectivity index (χ1n) is 27.2. The van der Waals surface area contributed by atoms with Crippen LogP contribution < -0.4 is 0 Å². The van der Waals surface area contributed by atoms with Gasteiger partial charge < -0.3 is 14.2 Å². The molecule has 0 spiro atoms. The number of esters is 3. The van der Waals surface area contributed by atoms with Crippen molar-refractivity contribution in [2.45, 2.75) is 304 Å². The van der Waals surface area contributed by atoms with Crippen LogP contribution in [0.25, 0.3) is 0 Å². The van der Waals surface area contributed by atoms with Crippen molar-refractivity contribution in [2.75, 3.05) is 13.2 Å². The highest BCUT2D eigenvalue weighted by atomic mass is 16.6. The van der Waals surface area contributed by atoms with E-state index in [1.807, 2.05) is 0 Å². The Bertz CT molecular complexity index is 949. The number of carbonyl (C=O) groups is 3. The van der Waals surface area contributed by atoms with Crippen molar-refractivity contribution in [2.24, 2.45) is 17.8 Å². The van der Waals surface area contributed by atoms with Crippen LogP contribution >= 0.6 is 0 Å². The molecule has 0 amide bonds. The Hall–Kier alpha value is -1.59. The van der Waals surface area contributed by atoms with Gasteiger partial charge in [-0.15, -0.1) is 0 Å². The van der Waals surface area contributed by atoms with E-state index in [9.17, 15) is 14.4 Å². The first-order chi connectivity index (χ1) is 29.7. The Labute approximate surface area is 380 Å². The van der Waals surface area contributed by atoms with E-state index in [-0.39, 0.29) is 31.1 Å². The van der Waals surface area contributed by atoms with Crippen LogP contribution in [0.1, 0.15) is 298 Å². The van der Waals surface area contributed by atoms with Gasteiger partial charge in [0.15, 0.2) is 6.10 Å². The lowest BCUT2D eigenvalue weighted by molar-refractivity contribution is -0.167. The minimum absolute atomic E-state index is 0.0649. The Morgan fingerprint density at radius 3 is 0.852 bits per heavy atom. The maximum absolute atomic E-state index is 12.8. The molecule has 0 aliphatic carbocycles. The van der Waals surface area contributed by atoms with Crippen LogP contribution in [0.15, 0.2) is 0 Å². The molecule has 0 saturated heterocycles. The molecule has 0 aromatic rings. The van der Waals surface area contributed by atoms with E-state index in [4.69, 9.17) is 14.2 Å². The lowest BCUT2D eigenvalue weighted by atomic mass is 9.99. The predicted molar refractivity (Wildman–Crippen MR) is 261 cm³/mol. The molecule has 0 saturated carbocycles. The normalized spacial score (nSPS) is 13.0. The lowest BCUT2D eigenvalue weighted by Gasteiger charge is -2.18. The summed E-state index contributed by atoms with van der Waals surface area (Å²) < 4.78 is 16.8. The summed E-state index contributed by atoms with van der Waals surface area (Å²) in [6.07, 6.45) is 46.6. The van der Waals surface area contributed by atoms with Crippen molar-refractivity contribution >= 4 is 17.9 Å². The van der Waals surface area contributed by atoms with Gasteiger partial charge in [0.25, 0.3) is 0 Å². The Morgan fingerprint density at radius 2 is 0.574 bits per heavy atom. The second-order valence-electron chi connectivity index (χ2n) is 19.8. The molecular weight excluding hydrogens is 757 g/mol. The smallest absolute Gasteiger partial charge is 0.306 e. The average Bonchev–Trinajstić information content (AvgIpc) is 3.24. The van der Waals surface area contributed by atoms with Gasteiger partial charge in [0.05, 0.1) is 0 Å². The zero-order valence-corrected chi connectivity index (χ0v) is 42.0. The quantitative estimate of drug-likeness (QED) is 0.0344. The highest BCUT2D eigenvalue weighted by Gasteiger charge is 2.19. The fourth-order valence-corrected chi connectivity index (χ4v) is 8.23. The van der Waals surface area contributed by atoms with E-state index >= 15 is 0 Å². The van der Waals surface area contributed by atoms with Gasteiger partial charge in [-0.1, -0.05) is 260 Å². The average molecular weight is 863 g/mol. The molecule has 0 N–H and O–H groups in total. The van der Waals surface area contributed by atoms with Crippen molar-refractivity contribution in [3.8, 4) is 0 Å². The predicted octanol–water partition coefficient (Wildman–Crippen LogP) is 17.6. The summed E-state index contributed by atoms with van der Waals surface area (Å²) in [7, 11) is 0. The van der Waals surface area contributed by atoms with E-state index in [1.54, 1.807) is 0 Å². The Morgan fingerprint density at radius 1 is 0.328 bits per heavy atom. The van der Waals surface area contributed by atoms with E-state index < -0.39 is 6.10 Å². The molecule has 0 radical (unpaired) electrons. The highest BCUT2D eigenvalue weighted by molar-refractivity contribution is 5.71. The molecule has 0 aromatic heterocycles. The lowest BCUT2D eigenvalue weighted by Crippen LogP contribution is -2.30. The van der Waals surface area contributed by atoms with Crippen LogP contribution in [-0.2, 0) is 28.6 Å². The van der Waals surface area contributed by atoms with Crippen molar-refractivity contribution in [1.29, 1.82) is 0 Å². The third kappa shape index (κ3) is 46.2. The molecule has 61 heavy (non-hydrogen) atoms. The maximum Gasteiger partial charge on any atom is 0.306 e. The summed E-state index contributed by atoms with van der Waals surface area (Å²) >= 11 is 0. The SMILES string of the molecule is CCC(C)CCCCCCCCCCCCCCCCC(=O)O[C@@H](COC(=O)CCCCCCCCCCCCCCC(C)C)COC(=O)CCCCCCCCC(C)CC. The van der Waals surface area contributed by atoms with Crippen LogP contribution in [-0.4, -0.2) is 37.2 Å². The number of rotatable bonds is 48. The standard InChI is InChI=1S/C55H106O6/c1-7-50(5)42-36-30-24-20-16-11-9-10-12-18-22-26-34-40-46-55(58)61-52(48-60-54(57)45-39-33-28-27-31-37-43-51(6)8-2)47-59-53(56)44-38-32-25-21-17-14-13-15-19-23-29-35-41-49(3)4/h49-52H,7-48H2,1-6H3/t50?,51?,52-/m0/s1. The van der Waals surface area contributed by atoms with E-state index in [0.717, 1.165) is 75.5 Å². The number of hydrogen-bond donors (Lipinski definition) is 0. The van der Waals surface area contributed by atoms with Crippen LogP contribution in [0, 0.1) is 17.8 Å². The summed E-state index contributed by atoms with van der Waals surface area (Å²) in [4.78, 5) is 38.0. The number of hydrogen-bond acceptors (Lipinski definition) is 6. The molecule has 0 fully saturated rings. The fourth-order valence-electron chi connectivity index (χ4n) is 8.23. The van der Waals surface area contributed by atoms with Crippen LogP contribution in [0.3, 0.4) is 0 Å². The molecule has 2 unspecified atom stereocenters. The van der Waals surface area contributed by atoms with Crippen molar-refractivity contribution < 1.29 is 28.6 Å². The molecule has 0 aliphatic rings. The zero-order chi connectivity index (χ0) is 44.9. The molecule has 0 heterocycles. The number of unbranched alkanes of at least 4 members (excludes halogenated alkanes) is 29. The Balaban J connectivity index is 4.29. The van der Waals surface area contributed by atoms with Gasteiger partial charge in [0, 0.05) is 19.3 Å². The maximum atomic E-state index is 12.8. The molecule has 0 bridgehead atoms. The molecule has 0 aromatic carbocycles. The zero-order valence-electron chi connectivity index (χ0n) is 42.0. The first kappa shape index (κ1) is 59.4. The van der Waals surface area contributed by atoms with Crippen LogP contribution in [0.5, 0.6) is 0 Å². The summed E-state index contributed by atoms with van der Waals surface area (Å²) in [6, 6.07) is 0. The molecule has 6 nitrogen and oxygen atoms in total. The molecule has 3 atom stereocenters. The minimum atomic E-state index is -0.763. The van der Waals surface area contributed by atoms with Crippen molar-refractivity contribution in [3.63, 3.8) is 0 Å². The van der Waals surface area contributed by atoms with Crippen LogP contribution in [0.4, 0.5) is 0 Å². The topological polar surface area (TPSA) is 78.9 Å². The molecule has 0 rings (SSSR count). The van der Waals surface area contributed by atoms with E-state index in [2.05, 4.69) is 41.5 Å². The van der Waals surface area contributed by atoms with E-state index in [1.165, 1.54) is 180 Å². The number of carbonyl (C=O) groups excluding carboxylic acids is 3. The first-order valence-corrected chi connectivity index (χ1v) is 27.2. The monoisotopic (exact) mass is 863 g/mol. The molecule has 0 aliphatic heterocycles. The van der Waals surface area contributed by atoms with Crippen molar-refractivity contribution in [3.05, 3.63) is 0 Å². The fraction of sp³-hybridized carbons (Fsp3) is 0.945.